The Bertz CT molecular complexity index is 2250. The highest BCUT2D eigenvalue weighted by atomic mass is 79.9. The summed E-state index contributed by atoms with van der Waals surface area (Å²) in [6, 6.07) is 20.4. The van der Waals surface area contributed by atoms with E-state index in [1.54, 1.807) is 30.6 Å². The van der Waals surface area contributed by atoms with Gasteiger partial charge in [0.1, 0.15) is 28.3 Å². The largest absolute Gasteiger partial charge is 0.465 e. The number of pyridine rings is 3. The molecule has 0 unspecified atom stereocenters. The fourth-order valence-electron chi connectivity index (χ4n) is 6.90. The quantitative estimate of drug-likeness (QED) is 0.140. The third-order valence-electron chi connectivity index (χ3n) is 9.24. The Labute approximate surface area is 311 Å². The molecule has 2 aromatic carbocycles. The monoisotopic (exact) mass is 780 g/mol. The van der Waals surface area contributed by atoms with E-state index < -0.39 is 11.1 Å². The van der Waals surface area contributed by atoms with Crippen molar-refractivity contribution in [2.75, 3.05) is 18.9 Å². The molecular formula is C37H30BrClN8O5. The van der Waals surface area contributed by atoms with Gasteiger partial charge in [-0.05, 0) is 82.2 Å². The predicted octanol–water partition coefficient (Wildman–Crippen LogP) is 6.15. The second-order valence-corrected chi connectivity index (χ2v) is 13.8. The summed E-state index contributed by atoms with van der Waals surface area (Å²) in [5.74, 6) is 2.25. The molecule has 3 aromatic heterocycles. The summed E-state index contributed by atoms with van der Waals surface area (Å²) in [7, 11) is 0. The van der Waals surface area contributed by atoms with Crippen LogP contribution in [-0.2, 0) is 27.0 Å². The Balaban J connectivity index is 0.000000156. The summed E-state index contributed by atoms with van der Waals surface area (Å²) < 4.78 is 23.5. The van der Waals surface area contributed by atoms with Crippen molar-refractivity contribution < 1.29 is 23.7 Å². The van der Waals surface area contributed by atoms with Crippen molar-refractivity contribution in [3.05, 3.63) is 128 Å². The molecule has 5 aromatic rings. The van der Waals surface area contributed by atoms with Crippen LogP contribution < -0.4 is 26.7 Å². The first-order valence-corrected chi connectivity index (χ1v) is 17.4. The lowest BCUT2D eigenvalue weighted by Crippen LogP contribution is -2.38. The number of amidine groups is 2. The fourth-order valence-corrected chi connectivity index (χ4v) is 7.35. The summed E-state index contributed by atoms with van der Waals surface area (Å²) >= 11 is 9.32. The molecule has 0 fully saturated rings. The van der Waals surface area contributed by atoms with E-state index in [0.717, 1.165) is 32.3 Å². The Kier molecular flexibility index (Phi) is 8.42. The van der Waals surface area contributed by atoms with Gasteiger partial charge in [-0.15, -0.1) is 0 Å². The summed E-state index contributed by atoms with van der Waals surface area (Å²) in [5, 5.41) is 0.488. The minimum absolute atomic E-state index is 0.102. The number of carbonyl (C=O) groups is 1. The van der Waals surface area contributed by atoms with Crippen LogP contribution in [0.15, 0.2) is 99.8 Å². The van der Waals surface area contributed by atoms with E-state index in [9.17, 15) is 4.79 Å². The van der Waals surface area contributed by atoms with Crippen molar-refractivity contribution in [2.45, 2.75) is 30.3 Å². The molecule has 7 heterocycles. The van der Waals surface area contributed by atoms with E-state index in [2.05, 4.69) is 40.9 Å². The molecule has 2 spiro atoms. The molecule has 52 heavy (non-hydrogen) atoms. The maximum Gasteiger partial charge on any atom is 0.283 e. The normalized spacial score (nSPS) is 20.4. The second kappa shape index (κ2) is 13.1. The molecule has 6 N–H and O–H groups in total. The lowest BCUT2D eigenvalue weighted by molar-refractivity contribution is 0.0988. The average molecular weight is 782 g/mol. The maximum atomic E-state index is 12.7. The molecule has 0 saturated carbocycles. The third kappa shape index (κ3) is 5.93. The zero-order valence-electron chi connectivity index (χ0n) is 27.4. The van der Waals surface area contributed by atoms with Gasteiger partial charge in [-0.3, -0.25) is 9.78 Å². The highest BCUT2D eigenvalue weighted by molar-refractivity contribution is 9.10. The predicted molar refractivity (Wildman–Crippen MR) is 197 cm³/mol. The highest BCUT2D eigenvalue weighted by Crippen LogP contribution is 2.53. The first-order chi connectivity index (χ1) is 25.1. The van der Waals surface area contributed by atoms with Crippen LogP contribution in [0, 0.1) is 0 Å². The number of rotatable bonds is 3. The topological polar surface area (TPSA) is 195 Å². The molecule has 9 rings (SSSR count). The summed E-state index contributed by atoms with van der Waals surface area (Å²) in [5.41, 5.74) is 21.6. The van der Waals surface area contributed by atoms with Gasteiger partial charge in [-0.2, -0.15) is 0 Å². The number of carbonyl (C=O) groups excluding carboxylic acids is 1. The number of Topliss-reactive ketones (excluding diaryl/α,β-unsaturated/α-hetero) is 1. The molecule has 0 radical (unpaired) electrons. The Hall–Kier alpha value is -5.73. The third-order valence-corrected chi connectivity index (χ3v) is 9.90. The van der Waals surface area contributed by atoms with Gasteiger partial charge in [0.25, 0.3) is 12.0 Å². The molecule has 0 saturated heterocycles. The van der Waals surface area contributed by atoms with Crippen molar-refractivity contribution >= 4 is 51.0 Å². The average Bonchev–Trinajstić information content (AvgIpc) is 3.14. The molecule has 2 atom stereocenters. The second-order valence-electron chi connectivity index (χ2n) is 12.4. The zero-order chi connectivity index (χ0) is 36.0. The molecule has 262 valence electrons. The number of halogens is 2. The van der Waals surface area contributed by atoms with E-state index in [1.165, 1.54) is 6.20 Å². The van der Waals surface area contributed by atoms with Crippen molar-refractivity contribution in [2.24, 2.45) is 21.5 Å². The minimum atomic E-state index is -0.767. The van der Waals surface area contributed by atoms with Gasteiger partial charge >= 0.3 is 0 Å². The number of nitrogens with two attached hydrogens (primary N) is 3. The lowest BCUT2D eigenvalue weighted by atomic mass is 9.78. The van der Waals surface area contributed by atoms with E-state index in [4.69, 9.17) is 47.7 Å². The van der Waals surface area contributed by atoms with Crippen LogP contribution in [0.25, 0.3) is 0 Å². The first kappa shape index (κ1) is 33.4. The van der Waals surface area contributed by atoms with Crippen LogP contribution in [-0.4, -0.2) is 46.0 Å². The van der Waals surface area contributed by atoms with Gasteiger partial charge in [0, 0.05) is 70.3 Å². The fraction of sp³-hybridized carbons (Fsp3) is 0.189. The maximum absolute atomic E-state index is 12.7. The standard InChI is InChI=1S/C22H17ClN4O3.C15H13BrN4O2/c23-14-4-5-17(26-12-14)18(28)11-13-3-6-19-16(10-13)22(7-9-29-21(24)27-22)15-2-1-8-25-20(15)30-19;16-8-5-11-13(19-7-8)22-12-2-1-9(17)6-10(12)15(11)3-4-21-14(18)20-15/h1-6,8,10,12H,7,9,11H2,(H2,24,27);1-2,5-7H,3-4,17H2,(H2,18,20)/t22-;15-/m10/s1. The van der Waals surface area contributed by atoms with E-state index in [-0.39, 0.29) is 24.2 Å². The number of aliphatic imine (C=N–C) groups is 2. The number of nitrogens with zero attached hydrogens (tertiary/aromatic N) is 5. The Morgan fingerprint density at radius 1 is 0.750 bits per heavy atom. The minimum Gasteiger partial charge on any atom is -0.465 e. The molecule has 13 nitrogen and oxygen atoms in total. The van der Waals surface area contributed by atoms with E-state index >= 15 is 0 Å². The van der Waals surface area contributed by atoms with Crippen molar-refractivity contribution in [3.8, 4) is 23.3 Å². The van der Waals surface area contributed by atoms with Crippen LogP contribution >= 0.6 is 27.5 Å². The lowest BCUT2D eigenvalue weighted by Gasteiger charge is -2.38. The van der Waals surface area contributed by atoms with E-state index in [1.807, 2.05) is 48.5 Å². The van der Waals surface area contributed by atoms with Crippen LogP contribution in [0.4, 0.5) is 5.69 Å². The van der Waals surface area contributed by atoms with Gasteiger partial charge in [-0.1, -0.05) is 17.7 Å². The first-order valence-electron chi connectivity index (χ1n) is 16.3. The number of fused-ring (bicyclic) bond motifs is 8. The number of ketones is 1. The smallest absolute Gasteiger partial charge is 0.283 e. The molecule has 4 aliphatic heterocycles. The number of aromatic nitrogens is 3. The van der Waals surface area contributed by atoms with Gasteiger partial charge in [0.15, 0.2) is 5.78 Å². The molecule has 15 heteroatoms. The summed E-state index contributed by atoms with van der Waals surface area (Å²) in [6.45, 7) is 0.885. The Morgan fingerprint density at radius 2 is 1.42 bits per heavy atom. The molecule has 0 bridgehead atoms. The van der Waals surface area contributed by atoms with Crippen molar-refractivity contribution in [3.63, 3.8) is 0 Å². The molecular weight excluding hydrogens is 752 g/mol. The number of nitrogen functional groups attached to an aromatic ring is 1. The van der Waals surface area contributed by atoms with Crippen LogP contribution in [0.2, 0.25) is 5.02 Å². The molecule has 4 aliphatic rings. The zero-order valence-corrected chi connectivity index (χ0v) is 29.7. The Morgan fingerprint density at radius 3 is 2.12 bits per heavy atom. The van der Waals surface area contributed by atoms with Gasteiger partial charge < -0.3 is 36.1 Å². The van der Waals surface area contributed by atoms with Gasteiger partial charge in [-0.25, -0.2) is 20.0 Å². The van der Waals surface area contributed by atoms with Gasteiger partial charge in [0.05, 0.1) is 18.2 Å². The summed E-state index contributed by atoms with van der Waals surface area (Å²) in [6.07, 6.45) is 6.25. The van der Waals surface area contributed by atoms with Crippen molar-refractivity contribution in [1.29, 1.82) is 0 Å². The number of hydrogen-bond acceptors (Lipinski definition) is 13. The van der Waals surface area contributed by atoms with Crippen molar-refractivity contribution in [1.82, 2.24) is 15.0 Å². The van der Waals surface area contributed by atoms with E-state index in [0.29, 0.717) is 65.7 Å². The summed E-state index contributed by atoms with van der Waals surface area (Å²) in [4.78, 5) is 34.8. The number of benzene rings is 2. The van der Waals surface area contributed by atoms with Crippen LogP contribution in [0.5, 0.6) is 23.3 Å². The molecule has 0 aliphatic carbocycles. The van der Waals surface area contributed by atoms with Crippen LogP contribution in [0.1, 0.15) is 51.1 Å². The number of anilines is 1. The SMILES string of the molecule is NC1=N[C@@]2(CCO1)c1cc(CC(=O)c3ccc(Cl)cn3)ccc1Oc1ncccc12.NC1=N[C@@]2(CCO1)c1cc(N)ccc1Oc1ncc(Br)cc12. The number of ether oxygens (including phenoxy) is 4. The highest BCUT2D eigenvalue weighted by Gasteiger charge is 2.46. The van der Waals surface area contributed by atoms with Crippen LogP contribution in [0.3, 0.4) is 0 Å². The molecule has 0 amide bonds. The van der Waals surface area contributed by atoms with Gasteiger partial charge in [0.2, 0.25) is 11.8 Å². The number of hydrogen-bond donors (Lipinski definition) is 3.